The molecule has 1 fully saturated rings. The highest BCUT2D eigenvalue weighted by molar-refractivity contribution is 5.94. The van der Waals surface area contributed by atoms with Crippen molar-refractivity contribution < 1.29 is 18.7 Å². The van der Waals surface area contributed by atoms with Gasteiger partial charge in [-0.3, -0.25) is 4.79 Å². The fourth-order valence-corrected chi connectivity index (χ4v) is 2.95. The summed E-state index contributed by atoms with van der Waals surface area (Å²) >= 11 is 0. The van der Waals surface area contributed by atoms with Gasteiger partial charge in [0.1, 0.15) is 23.4 Å². The van der Waals surface area contributed by atoms with Crippen molar-refractivity contribution in [3.63, 3.8) is 0 Å². The van der Waals surface area contributed by atoms with Gasteiger partial charge in [0.05, 0.1) is 13.2 Å². The molecule has 2 aromatic rings. The summed E-state index contributed by atoms with van der Waals surface area (Å²) in [6.07, 6.45) is 1.42. The lowest BCUT2D eigenvalue weighted by Crippen LogP contribution is -2.41. The van der Waals surface area contributed by atoms with Crippen LogP contribution in [0, 0.1) is 6.92 Å². The van der Waals surface area contributed by atoms with Gasteiger partial charge >= 0.3 is 5.63 Å². The first-order chi connectivity index (χ1) is 12.0. The second-order valence-electron chi connectivity index (χ2n) is 6.06. The zero-order chi connectivity index (χ0) is 17.8. The van der Waals surface area contributed by atoms with Gasteiger partial charge in [-0.2, -0.15) is 0 Å². The Morgan fingerprint density at radius 3 is 2.60 bits per heavy atom. The van der Waals surface area contributed by atoms with Crippen molar-refractivity contribution in [2.24, 2.45) is 0 Å². The molecule has 0 bridgehead atoms. The minimum atomic E-state index is -0.416. The molecule has 1 amide bonds. The summed E-state index contributed by atoms with van der Waals surface area (Å²) < 4.78 is 16.0. The Labute approximate surface area is 146 Å². The quantitative estimate of drug-likeness (QED) is 0.854. The highest BCUT2D eigenvalue weighted by Gasteiger charge is 2.25. The molecular formula is C19H21NO5. The van der Waals surface area contributed by atoms with Gasteiger partial charge in [-0.1, -0.05) is 6.07 Å². The largest absolute Gasteiger partial charge is 0.497 e. The third-order valence-corrected chi connectivity index (χ3v) is 4.22. The highest BCUT2D eigenvalue weighted by Crippen LogP contribution is 2.21. The molecule has 0 radical (unpaired) electrons. The van der Waals surface area contributed by atoms with Crippen LogP contribution in [0.1, 0.15) is 29.0 Å². The SMILES string of the molecule is COc1cccc(C(=O)N2CCC(Oc3cc(C)oc(=O)c3)CC2)c1. The highest BCUT2D eigenvalue weighted by atomic mass is 16.5. The van der Waals surface area contributed by atoms with E-state index in [4.69, 9.17) is 13.9 Å². The average Bonchev–Trinajstić information content (AvgIpc) is 2.61. The van der Waals surface area contributed by atoms with E-state index in [1.54, 1.807) is 32.2 Å². The Morgan fingerprint density at radius 1 is 1.16 bits per heavy atom. The third-order valence-electron chi connectivity index (χ3n) is 4.22. The normalized spacial score (nSPS) is 15.0. The number of nitrogens with zero attached hydrogens (tertiary/aromatic N) is 1. The lowest BCUT2D eigenvalue weighted by Gasteiger charge is -2.32. The number of methoxy groups -OCH3 is 1. The maximum Gasteiger partial charge on any atom is 0.339 e. The van der Waals surface area contributed by atoms with Crippen LogP contribution >= 0.6 is 0 Å². The molecule has 0 saturated carbocycles. The number of piperidine rings is 1. The van der Waals surface area contributed by atoms with Crippen LogP contribution in [0.2, 0.25) is 0 Å². The smallest absolute Gasteiger partial charge is 0.339 e. The van der Waals surface area contributed by atoms with E-state index < -0.39 is 5.63 Å². The molecule has 132 valence electrons. The summed E-state index contributed by atoms with van der Waals surface area (Å²) in [5, 5.41) is 0. The Kier molecular flexibility index (Phi) is 5.07. The van der Waals surface area contributed by atoms with Crippen LogP contribution in [0.25, 0.3) is 0 Å². The van der Waals surface area contributed by atoms with Crippen molar-refractivity contribution >= 4 is 5.91 Å². The second kappa shape index (κ2) is 7.42. The summed E-state index contributed by atoms with van der Waals surface area (Å²) in [5.74, 6) is 1.70. The molecule has 6 heteroatoms. The van der Waals surface area contributed by atoms with Crippen molar-refractivity contribution in [2.45, 2.75) is 25.9 Å². The zero-order valence-electron chi connectivity index (χ0n) is 14.4. The first-order valence-electron chi connectivity index (χ1n) is 8.27. The lowest BCUT2D eigenvalue weighted by molar-refractivity contribution is 0.0594. The number of likely N-dealkylation sites (tertiary alicyclic amines) is 1. The Bertz CT molecular complexity index is 805. The monoisotopic (exact) mass is 343 g/mol. The van der Waals surface area contributed by atoms with Crippen LogP contribution in [0.5, 0.6) is 11.5 Å². The van der Waals surface area contributed by atoms with Crippen LogP contribution in [0.15, 0.2) is 45.6 Å². The number of amides is 1. The van der Waals surface area contributed by atoms with E-state index in [0.717, 1.165) is 12.8 Å². The van der Waals surface area contributed by atoms with Gasteiger partial charge in [0.25, 0.3) is 5.91 Å². The van der Waals surface area contributed by atoms with Crippen molar-refractivity contribution in [3.8, 4) is 11.5 Å². The Hall–Kier alpha value is -2.76. The molecule has 0 unspecified atom stereocenters. The van der Waals surface area contributed by atoms with Crippen LogP contribution in [0.4, 0.5) is 0 Å². The number of carbonyl (C=O) groups excluding carboxylic acids is 1. The average molecular weight is 343 g/mol. The molecule has 3 rings (SSSR count). The molecule has 2 heterocycles. The number of benzene rings is 1. The molecule has 1 aromatic heterocycles. The van der Waals surface area contributed by atoms with Crippen LogP contribution in [0.3, 0.4) is 0 Å². The van der Waals surface area contributed by atoms with E-state index >= 15 is 0 Å². The second-order valence-corrected chi connectivity index (χ2v) is 6.06. The molecule has 0 atom stereocenters. The molecule has 1 saturated heterocycles. The van der Waals surface area contributed by atoms with Gasteiger partial charge in [0.2, 0.25) is 0 Å². The predicted octanol–water partition coefficient (Wildman–Crippen LogP) is 2.64. The summed E-state index contributed by atoms with van der Waals surface area (Å²) in [5.41, 5.74) is 0.204. The van der Waals surface area contributed by atoms with Gasteiger partial charge in [-0.15, -0.1) is 0 Å². The van der Waals surface area contributed by atoms with E-state index in [9.17, 15) is 9.59 Å². The van der Waals surface area contributed by atoms with E-state index in [0.29, 0.717) is 35.9 Å². The molecule has 1 aliphatic rings. The van der Waals surface area contributed by atoms with Crippen molar-refractivity contribution in [3.05, 3.63) is 58.1 Å². The third kappa shape index (κ3) is 4.21. The maximum absolute atomic E-state index is 12.6. The van der Waals surface area contributed by atoms with Crippen LogP contribution in [-0.4, -0.2) is 37.1 Å². The topological polar surface area (TPSA) is 69.0 Å². The fraction of sp³-hybridized carbons (Fsp3) is 0.368. The number of hydrogen-bond donors (Lipinski definition) is 0. The van der Waals surface area contributed by atoms with E-state index in [-0.39, 0.29) is 12.0 Å². The van der Waals surface area contributed by atoms with Gasteiger partial charge in [-0.05, 0) is 25.1 Å². The van der Waals surface area contributed by atoms with Crippen molar-refractivity contribution in [1.29, 1.82) is 0 Å². The molecular weight excluding hydrogens is 322 g/mol. The summed E-state index contributed by atoms with van der Waals surface area (Å²) in [6, 6.07) is 10.2. The standard InChI is InChI=1S/C19H21NO5/c1-13-10-17(12-18(21)24-13)25-15-6-8-20(9-7-15)19(22)14-4-3-5-16(11-14)23-2/h3-5,10-12,15H,6-9H2,1-2H3. The molecule has 6 nitrogen and oxygen atoms in total. The Balaban J connectivity index is 1.59. The number of hydrogen-bond acceptors (Lipinski definition) is 5. The van der Waals surface area contributed by atoms with Crippen LogP contribution in [-0.2, 0) is 0 Å². The number of rotatable bonds is 4. The number of ether oxygens (including phenoxy) is 2. The van der Waals surface area contributed by atoms with Gasteiger partial charge < -0.3 is 18.8 Å². The molecule has 1 aliphatic heterocycles. The number of carbonyl (C=O) groups is 1. The van der Waals surface area contributed by atoms with Crippen molar-refractivity contribution in [2.75, 3.05) is 20.2 Å². The summed E-state index contributed by atoms with van der Waals surface area (Å²) in [4.78, 5) is 25.8. The molecule has 1 aromatic carbocycles. The Morgan fingerprint density at radius 2 is 1.92 bits per heavy atom. The van der Waals surface area contributed by atoms with E-state index in [2.05, 4.69) is 0 Å². The van der Waals surface area contributed by atoms with Gasteiger partial charge in [0.15, 0.2) is 0 Å². The molecule has 0 aliphatic carbocycles. The summed E-state index contributed by atoms with van der Waals surface area (Å²) in [6.45, 7) is 2.94. The predicted molar refractivity (Wildman–Crippen MR) is 92.3 cm³/mol. The lowest BCUT2D eigenvalue weighted by atomic mass is 10.1. The number of aryl methyl sites for hydroxylation is 1. The van der Waals surface area contributed by atoms with E-state index in [1.807, 2.05) is 17.0 Å². The fourth-order valence-electron chi connectivity index (χ4n) is 2.95. The first kappa shape index (κ1) is 17.1. The van der Waals surface area contributed by atoms with Gasteiger partial charge in [0, 0.05) is 37.6 Å². The summed E-state index contributed by atoms with van der Waals surface area (Å²) in [7, 11) is 1.58. The van der Waals surface area contributed by atoms with Crippen LogP contribution < -0.4 is 15.1 Å². The minimum absolute atomic E-state index is 0.00597. The maximum atomic E-state index is 12.6. The molecule has 25 heavy (non-hydrogen) atoms. The first-order valence-corrected chi connectivity index (χ1v) is 8.27. The zero-order valence-corrected chi connectivity index (χ0v) is 14.4. The van der Waals surface area contributed by atoms with E-state index in [1.165, 1.54) is 6.07 Å². The molecule has 0 spiro atoms. The van der Waals surface area contributed by atoms with Crippen molar-refractivity contribution in [1.82, 2.24) is 4.90 Å². The molecule has 0 N–H and O–H groups in total. The minimum Gasteiger partial charge on any atom is -0.497 e. The van der Waals surface area contributed by atoms with Gasteiger partial charge in [-0.25, -0.2) is 4.79 Å².